The fraction of sp³-hybridized carbons (Fsp3) is 0.389. The van der Waals surface area contributed by atoms with Gasteiger partial charge < -0.3 is 10.4 Å². The van der Waals surface area contributed by atoms with Crippen LogP contribution in [0.15, 0.2) is 54.7 Å². The summed E-state index contributed by atoms with van der Waals surface area (Å²) in [6.45, 7) is 3.30. The van der Waals surface area contributed by atoms with Crippen LogP contribution in [0.5, 0.6) is 0 Å². The molecule has 3 nitrogen and oxygen atoms in total. The highest BCUT2D eigenvalue weighted by Gasteiger charge is 2.16. The average molecular weight is 284 g/mol. The number of hydrogen-bond donors (Lipinski definition) is 2. The number of nitrogens with zero attached hydrogens (tertiary/aromatic N) is 1. The van der Waals surface area contributed by atoms with E-state index in [9.17, 15) is 0 Å². The molecule has 2 unspecified atom stereocenters. The molecule has 1 aromatic carbocycles. The van der Waals surface area contributed by atoms with Crippen molar-refractivity contribution >= 4 is 0 Å². The lowest BCUT2D eigenvalue weighted by molar-refractivity contribution is 0.249. The molecule has 0 radical (unpaired) electrons. The van der Waals surface area contributed by atoms with E-state index in [0.717, 1.165) is 25.1 Å². The monoisotopic (exact) mass is 284 g/mol. The molecule has 21 heavy (non-hydrogen) atoms. The molecule has 0 fully saturated rings. The standard InChI is InChI=1S/C18H24N2O/c1-2-15(11-13-21)14-20-18(16-8-4-3-5-9-16)17-10-6-7-12-19-17/h3-10,12,15,18,20-21H,2,11,13-14H2,1H3. The molecule has 3 heteroatoms. The Hall–Kier alpha value is -1.71. The second-order valence-electron chi connectivity index (χ2n) is 5.29. The van der Waals surface area contributed by atoms with E-state index in [0.29, 0.717) is 5.92 Å². The second-order valence-corrected chi connectivity index (χ2v) is 5.29. The van der Waals surface area contributed by atoms with E-state index in [1.165, 1.54) is 5.56 Å². The largest absolute Gasteiger partial charge is 0.396 e. The molecule has 0 saturated carbocycles. The van der Waals surface area contributed by atoms with Crippen LogP contribution >= 0.6 is 0 Å². The zero-order valence-corrected chi connectivity index (χ0v) is 12.6. The van der Waals surface area contributed by atoms with E-state index in [2.05, 4.69) is 47.6 Å². The first kappa shape index (κ1) is 15.7. The summed E-state index contributed by atoms with van der Waals surface area (Å²) >= 11 is 0. The van der Waals surface area contributed by atoms with Gasteiger partial charge in [0.05, 0.1) is 11.7 Å². The minimum Gasteiger partial charge on any atom is -0.396 e. The van der Waals surface area contributed by atoms with Gasteiger partial charge in [0, 0.05) is 12.8 Å². The molecule has 2 rings (SSSR count). The van der Waals surface area contributed by atoms with Crippen molar-refractivity contribution < 1.29 is 5.11 Å². The average Bonchev–Trinajstić information content (AvgIpc) is 2.56. The first-order chi connectivity index (χ1) is 10.3. The first-order valence-corrected chi connectivity index (χ1v) is 7.65. The summed E-state index contributed by atoms with van der Waals surface area (Å²) in [6, 6.07) is 16.5. The maximum absolute atomic E-state index is 9.13. The number of aliphatic hydroxyl groups is 1. The predicted molar refractivity (Wildman–Crippen MR) is 86.0 cm³/mol. The Bertz CT molecular complexity index is 462. The minimum atomic E-state index is 0.0974. The van der Waals surface area contributed by atoms with Crippen LogP contribution in [0.4, 0.5) is 0 Å². The third kappa shape index (κ3) is 4.66. The molecule has 2 N–H and O–H groups in total. The number of rotatable bonds is 8. The van der Waals surface area contributed by atoms with Crippen LogP contribution in [0.25, 0.3) is 0 Å². The Kier molecular flexibility index (Phi) is 6.38. The van der Waals surface area contributed by atoms with Crippen molar-refractivity contribution in [3.63, 3.8) is 0 Å². The fourth-order valence-electron chi connectivity index (χ4n) is 2.50. The number of benzene rings is 1. The van der Waals surface area contributed by atoms with E-state index in [-0.39, 0.29) is 12.6 Å². The Labute approximate surface area is 127 Å². The van der Waals surface area contributed by atoms with Crippen molar-refractivity contribution in [3.8, 4) is 0 Å². The van der Waals surface area contributed by atoms with E-state index in [4.69, 9.17) is 5.11 Å². The van der Waals surface area contributed by atoms with Gasteiger partial charge in [-0.1, -0.05) is 49.7 Å². The van der Waals surface area contributed by atoms with Crippen LogP contribution < -0.4 is 5.32 Å². The van der Waals surface area contributed by atoms with Gasteiger partial charge in [-0.25, -0.2) is 0 Å². The van der Waals surface area contributed by atoms with Gasteiger partial charge in [-0.15, -0.1) is 0 Å². The van der Waals surface area contributed by atoms with Gasteiger partial charge in [0.2, 0.25) is 0 Å². The summed E-state index contributed by atoms with van der Waals surface area (Å²) in [5, 5.41) is 12.7. The van der Waals surface area contributed by atoms with E-state index in [1.807, 2.05) is 24.4 Å². The summed E-state index contributed by atoms with van der Waals surface area (Å²) in [5.74, 6) is 0.491. The quantitative estimate of drug-likeness (QED) is 0.782. The zero-order valence-electron chi connectivity index (χ0n) is 12.6. The van der Waals surface area contributed by atoms with Crippen LogP contribution in [0, 0.1) is 5.92 Å². The Morgan fingerprint density at radius 1 is 1.10 bits per heavy atom. The Balaban J connectivity index is 2.13. The lowest BCUT2D eigenvalue weighted by Crippen LogP contribution is -2.29. The molecule has 0 bridgehead atoms. The number of aromatic nitrogens is 1. The summed E-state index contributed by atoms with van der Waals surface area (Å²) in [7, 11) is 0. The van der Waals surface area contributed by atoms with Crippen LogP contribution in [0.3, 0.4) is 0 Å². The second kappa shape index (κ2) is 8.55. The minimum absolute atomic E-state index is 0.0974. The molecule has 0 amide bonds. The molecule has 0 spiro atoms. The van der Waals surface area contributed by atoms with Crippen molar-refractivity contribution in [2.45, 2.75) is 25.8 Å². The first-order valence-electron chi connectivity index (χ1n) is 7.65. The van der Waals surface area contributed by atoms with Crippen LogP contribution in [0.2, 0.25) is 0 Å². The van der Waals surface area contributed by atoms with Gasteiger partial charge in [0.25, 0.3) is 0 Å². The van der Waals surface area contributed by atoms with Gasteiger partial charge in [-0.3, -0.25) is 4.98 Å². The van der Waals surface area contributed by atoms with Crippen LogP contribution in [-0.4, -0.2) is 23.2 Å². The van der Waals surface area contributed by atoms with Crippen LogP contribution in [-0.2, 0) is 0 Å². The predicted octanol–water partition coefficient (Wildman–Crippen LogP) is 3.17. The van der Waals surface area contributed by atoms with Gasteiger partial charge in [0.1, 0.15) is 0 Å². The zero-order chi connectivity index (χ0) is 14.9. The molecule has 0 aliphatic carbocycles. The molecule has 0 aliphatic rings. The normalized spacial score (nSPS) is 13.8. The summed E-state index contributed by atoms with van der Waals surface area (Å²) < 4.78 is 0. The van der Waals surface area contributed by atoms with Crippen molar-refractivity contribution in [3.05, 3.63) is 66.0 Å². The summed E-state index contributed by atoms with van der Waals surface area (Å²) in [6.07, 6.45) is 3.74. The Morgan fingerprint density at radius 3 is 2.48 bits per heavy atom. The number of pyridine rings is 1. The van der Waals surface area contributed by atoms with Gasteiger partial charge in [0.15, 0.2) is 0 Å². The smallest absolute Gasteiger partial charge is 0.0751 e. The van der Waals surface area contributed by atoms with E-state index >= 15 is 0 Å². The highest BCUT2D eigenvalue weighted by atomic mass is 16.3. The highest BCUT2D eigenvalue weighted by Crippen LogP contribution is 2.20. The lowest BCUT2D eigenvalue weighted by atomic mass is 9.99. The number of nitrogens with one attached hydrogen (secondary N) is 1. The van der Waals surface area contributed by atoms with E-state index < -0.39 is 0 Å². The third-order valence-electron chi connectivity index (χ3n) is 3.84. The molecular weight excluding hydrogens is 260 g/mol. The SMILES string of the molecule is CCC(CCO)CNC(c1ccccc1)c1ccccn1. The summed E-state index contributed by atoms with van der Waals surface area (Å²) in [4.78, 5) is 4.49. The van der Waals surface area contributed by atoms with E-state index in [1.54, 1.807) is 0 Å². The molecule has 1 aromatic heterocycles. The van der Waals surface area contributed by atoms with Crippen LogP contribution in [0.1, 0.15) is 37.1 Å². The summed E-state index contributed by atoms with van der Waals surface area (Å²) in [5.41, 5.74) is 2.25. The van der Waals surface area contributed by atoms with Gasteiger partial charge >= 0.3 is 0 Å². The maximum atomic E-state index is 9.13. The topological polar surface area (TPSA) is 45.1 Å². The van der Waals surface area contributed by atoms with Crippen molar-refractivity contribution in [1.29, 1.82) is 0 Å². The van der Waals surface area contributed by atoms with Crippen molar-refractivity contribution in [2.24, 2.45) is 5.92 Å². The molecule has 0 saturated heterocycles. The molecule has 0 aliphatic heterocycles. The van der Waals surface area contributed by atoms with Crippen molar-refractivity contribution in [1.82, 2.24) is 10.3 Å². The lowest BCUT2D eigenvalue weighted by Gasteiger charge is -2.22. The Morgan fingerprint density at radius 2 is 1.86 bits per heavy atom. The molecular formula is C18H24N2O. The fourth-order valence-corrected chi connectivity index (χ4v) is 2.50. The molecule has 1 heterocycles. The van der Waals surface area contributed by atoms with Crippen molar-refractivity contribution in [2.75, 3.05) is 13.2 Å². The molecule has 2 atom stereocenters. The number of hydrogen-bond acceptors (Lipinski definition) is 3. The maximum Gasteiger partial charge on any atom is 0.0751 e. The molecule has 112 valence electrons. The number of aliphatic hydroxyl groups excluding tert-OH is 1. The highest BCUT2D eigenvalue weighted by molar-refractivity contribution is 5.27. The molecule has 2 aromatic rings. The third-order valence-corrected chi connectivity index (χ3v) is 3.84. The van der Waals surface area contributed by atoms with Gasteiger partial charge in [-0.2, -0.15) is 0 Å². The van der Waals surface area contributed by atoms with Gasteiger partial charge in [-0.05, 0) is 36.6 Å².